The smallest absolute Gasteiger partial charge is 0.264 e. The third-order valence-corrected chi connectivity index (χ3v) is 4.14. The molecule has 0 unspecified atom stereocenters. The number of rotatable bonds is 4. The Morgan fingerprint density at radius 2 is 2.08 bits per heavy atom. The lowest BCUT2D eigenvalue weighted by molar-refractivity contribution is 0.157. The second-order valence-corrected chi connectivity index (χ2v) is 7.96. The average molecular weight is 362 g/mol. The molecule has 1 aliphatic heterocycles. The minimum atomic E-state index is -3.57. The number of nitrogens with zero attached hydrogens (tertiary/aromatic N) is 2. The van der Waals surface area contributed by atoms with Crippen molar-refractivity contribution >= 4 is 15.8 Å². The maximum atomic E-state index is 12.5. The molecule has 8 heteroatoms. The summed E-state index contributed by atoms with van der Waals surface area (Å²) in [5.41, 5.74) is 0.976. The lowest BCUT2D eigenvalue weighted by Gasteiger charge is -2.31. The lowest BCUT2D eigenvalue weighted by Crippen LogP contribution is -2.32. The van der Waals surface area contributed by atoms with E-state index in [9.17, 15) is 13.2 Å². The predicted octanol–water partition coefficient (Wildman–Crippen LogP) is 1.78. The molecule has 0 atom stereocenters. The normalized spacial score (nSPS) is 15.9. The Labute approximate surface area is 145 Å². The molecule has 0 fully saturated rings. The van der Waals surface area contributed by atoms with Gasteiger partial charge in [-0.2, -0.15) is 8.42 Å². The van der Waals surface area contributed by atoms with E-state index in [1.54, 1.807) is 30.7 Å². The van der Waals surface area contributed by atoms with E-state index >= 15 is 0 Å². The SMILES string of the molecule is CC1(C)C=C(n2ccc(COS(C)(=O)=O)cc2=O)c2cnccc2O1. The molecule has 2 aromatic rings. The van der Waals surface area contributed by atoms with Crippen molar-refractivity contribution in [2.75, 3.05) is 6.26 Å². The summed E-state index contributed by atoms with van der Waals surface area (Å²) in [4.78, 5) is 16.6. The van der Waals surface area contributed by atoms with E-state index in [-0.39, 0.29) is 12.2 Å². The van der Waals surface area contributed by atoms with Gasteiger partial charge in [0.25, 0.3) is 15.7 Å². The molecule has 0 N–H and O–H groups in total. The van der Waals surface area contributed by atoms with Crippen LogP contribution in [0, 0.1) is 0 Å². The van der Waals surface area contributed by atoms with Crippen LogP contribution in [-0.4, -0.2) is 29.8 Å². The van der Waals surface area contributed by atoms with E-state index in [0.29, 0.717) is 22.6 Å². The van der Waals surface area contributed by atoms with E-state index < -0.39 is 15.7 Å². The maximum absolute atomic E-state index is 12.5. The fourth-order valence-corrected chi connectivity index (χ4v) is 2.92. The molecule has 0 aromatic carbocycles. The zero-order chi connectivity index (χ0) is 18.2. The number of ether oxygens (including phenoxy) is 1. The van der Waals surface area contributed by atoms with Crippen LogP contribution < -0.4 is 10.3 Å². The van der Waals surface area contributed by atoms with Crippen LogP contribution >= 0.6 is 0 Å². The molecule has 0 aliphatic carbocycles. The van der Waals surface area contributed by atoms with Gasteiger partial charge in [-0.15, -0.1) is 0 Å². The fourth-order valence-electron chi connectivity index (χ4n) is 2.57. The quantitative estimate of drug-likeness (QED) is 0.771. The van der Waals surface area contributed by atoms with Crippen molar-refractivity contribution in [2.45, 2.75) is 26.1 Å². The van der Waals surface area contributed by atoms with Gasteiger partial charge in [-0.3, -0.25) is 18.5 Å². The monoisotopic (exact) mass is 362 g/mol. The van der Waals surface area contributed by atoms with Gasteiger partial charge in [0.05, 0.1) is 24.1 Å². The lowest BCUT2D eigenvalue weighted by atomic mass is 10.0. The van der Waals surface area contributed by atoms with Gasteiger partial charge in [-0.25, -0.2) is 0 Å². The molecule has 3 heterocycles. The number of fused-ring (bicyclic) bond motifs is 1. The maximum Gasteiger partial charge on any atom is 0.264 e. The van der Waals surface area contributed by atoms with Crippen LogP contribution in [0.3, 0.4) is 0 Å². The minimum Gasteiger partial charge on any atom is -0.483 e. The Kier molecular flexibility index (Phi) is 4.26. The number of hydrogen-bond acceptors (Lipinski definition) is 6. The summed E-state index contributed by atoms with van der Waals surface area (Å²) < 4.78 is 34.3. The zero-order valence-electron chi connectivity index (χ0n) is 14.1. The van der Waals surface area contributed by atoms with Gasteiger partial charge < -0.3 is 4.74 Å². The van der Waals surface area contributed by atoms with Crippen LogP contribution in [-0.2, 0) is 20.9 Å². The molecule has 0 spiro atoms. The first kappa shape index (κ1) is 17.4. The Bertz CT molecular complexity index is 1010. The second kappa shape index (κ2) is 6.12. The van der Waals surface area contributed by atoms with Crippen molar-refractivity contribution < 1.29 is 17.3 Å². The summed E-state index contributed by atoms with van der Waals surface area (Å²) in [7, 11) is -3.57. The molecule has 3 rings (SSSR count). The summed E-state index contributed by atoms with van der Waals surface area (Å²) in [6.07, 6.45) is 7.68. The van der Waals surface area contributed by atoms with Gasteiger partial charge in [0, 0.05) is 24.7 Å². The molecule has 0 saturated heterocycles. The molecule has 1 aliphatic rings. The Morgan fingerprint density at radius 1 is 1.32 bits per heavy atom. The standard InChI is InChI=1S/C17H18N2O5S/c1-17(2)9-14(13-10-18-6-4-15(13)24-17)19-7-5-12(8-16(19)20)11-23-25(3,21)22/h4-10H,11H2,1-3H3. The van der Waals surface area contributed by atoms with E-state index in [4.69, 9.17) is 8.92 Å². The summed E-state index contributed by atoms with van der Waals surface area (Å²) >= 11 is 0. The van der Waals surface area contributed by atoms with Crippen molar-refractivity contribution in [3.8, 4) is 5.75 Å². The van der Waals surface area contributed by atoms with Gasteiger partial charge in [0.1, 0.15) is 11.4 Å². The second-order valence-electron chi connectivity index (χ2n) is 6.32. The number of pyridine rings is 2. The molecule has 0 radical (unpaired) electrons. The number of hydrogen-bond donors (Lipinski definition) is 0. The summed E-state index contributed by atoms with van der Waals surface area (Å²) in [5, 5.41) is 0. The third-order valence-electron chi connectivity index (χ3n) is 3.60. The molecule has 0 bridgehead atoms. The van der Waals surface area contributed by atoms with Crippen LogP contribution in [0.1, 0.15) is 25.0 Å². The molecular formula is C17H18N2O5S. The first-order valence-corrected chi connectivity index (χ1v) is 9.39. The van der Waals surface area contributed by atoms with Crippen LogP contribution in [0.25, 0.3) is 5.70 Å². The largest absolute Gasteiger partial charge is 0.483 e. The van der Waals surface area contributed by atoms with Crippen molar-refractivity contribution in [1.82, 2.24) is 9.55 Å². The van der Waals surface area contributed by atoms with E-state index in [0.717, 1.165) is 6.26 Å². The average Bonchev–Trinajstić information content (AvgIpc) is 2.51. The molecule has 0 amide bonds. The molecule has 0 saturated carbocycles. The number of aromatic nitrogens is 2. The van der Waals surface area contributed by atoms with Gasteiger partial charge in [0.15, 0.2) is 0 Å². The summed E-state index contributed by atoms with van der Waals surface area (Å²) in [6, 6.07) is 4.75. The van der Waals surface area contributed by atoms with Gasteiger partial charge in [-0.05, 0) is 37.6 Å². The molecule has 7 nitrogen and oxygen atoms in total. The van der Waals surface area contributed by atoms with Crippen LogP contribution in [0.5, 0.6) is 5.75 Å². The van der Waals surface area contributed by atoms with Crippen molar-refractivity contribution in [1.29, 1.82) is 0 Å². The molecule has 132 valence electrons. The molecule has 25 heavy (non-hydrogen) atoms. The van der Waals surface area contributed by atoms with Crippen molar-refractivity contribution in [3.63, 3.8) is 0 Å². The Hall–Kier alpha value is -2.45. The first-order chi connectivity index (χ1) is 11.6. The summed E-state index contributed by atoms with van der Waals surface area (Å²) in [5.74, 6) is 0.647. The van der Waals surface area contributed by atoms with Crippen LogP contribution in [0.15, 0.2) is 47.7 Å². The molecular weight excluding hydrogens is 344 g/mol. The van der Waals surface area contributed by atoms with Gasteiger partial charge in [-0.1, -0.05) is 0 Å². The predicted molar refractivity (Wildman–Crippen MR) is 92.7 cm³/mol. The highest BCUT2D eigenvalue weighted by molar-refractivity contribution is 7.85. The Morgan fingerprint density at radius 3 is 2.76 bits per heavy atom. The van der Waals surface area contributed by atoms with Crippen LogP contribution in [0.2, 0.25) is 0 Å². The highest BCUT2D eigenvalue weighted by atomic mass is 32.2. The summed E-state index contributed by atoms with van der Waals surface area (Å²) in [6.45, 7) is 3.62. The van der Waals surface area contributed by atoms with Gasteiger partial charge in [0.2, 0.25) is 0 Å². The zero-order valence-corrected chi connectivity index (χ0v) is 14.9. The van der Waals surface area contributed by atoms with Crippen molar-refractivity contribution in [2.24, 2.45) is 0 Å². The fraction of sp³-hybridized carbons (Fsp3) is 0.294. The van der Waals surface area contributed by atoms with Gasteiger partial charge >= 0.3 is 0 Å². The Balaban J connectivity index is 2.01. The third kappa shape index (κ3) is 3.97. The molecule has 2 aromatic heterocycles. The van der Waals surface area contributed by atoms with Crippen molar-refractivity contribution in [3.05, 3.63) is 64.3 Å². The highest BCUT2D eigenvalue weighted by Crippen LogP contribution is 2.35. The van der Waals surface area contributed by atoms with E-state index in [1.807, 2.05) is 19.9 Å². The van der Waals surface area contributed by atoms with E-state index in [1.165, 1.54) is 10.6 Å². The highest BCUT2D eigenvalue weighted by Gasteiger charge is 2.27. The minimum absolute atomic E-state index is 0.180. The van der Waals surface area contributed by atoms with Crippen LogP contribution in [0.4, 0.5) is 0 Å². The van der Waals surface area contributed by atoms with E-state index in [2.05, 4.69) is 4.98 Å². The topological polar surface area (TPSA) is 87.5 Å². The first-order valence-electron chi connectivity index (χ1n) is 7.57.